The van der Waals surface area contributed by atoms with E-state index >= 15 is 0 Å². The van der Waals surface area contributed by atoms with Gasteiger partial charge in [-0.05, 0) is 37.0 Å². The Kier molecular flexibility index (Phi) is 5.38. The Hall–Kier alpha value is -1.13. The second-order valence-electron chi connectivity index (χ2n) is 5.34. The summed E-state index contributed by atoms with van der Waals surface area (Å²) in [5, 5.41) is 2.91. The Balaban J connectivity index is 2.02. The van der Waals surface area contributed by atoms with Gasteiger partial charge in [-0.25, -0.2) is 4.39 Å². The summed E-state index contributed by atoms with van der Waals surface area (Å²) in [5.41, 5.74) is 6.15. The van der Waals surface area contributed by atoms with E-state index in [1.165, 1.54) is 37.5 Å². The summed E-state index contributed by atoms with van der Waals surface area (Å²) < 4.78 is 13.1. The highest BCUT2D eigenvalue weighted by molar-refractivity contribution is 6.31. The van der Waals surface area contributed by atoms with Gasteiger partial charge in [0.05, 0.1) is 5.02 Å². The zero-order valence-electron chi connectivity index (χ0n) is 11.4. The third-order valence-corrected chi connectivity index (χ3v) is 4.26. The van der Waals surface area contributed by atoms with Crippen LogP contribution in [0.3, 0.4) is 0 Å². The molecule has 1 aromatic rings. The fourth-order valence-corrected chi connectivity index (χ4v) is 2.98. The van der Waals surface area contributed by atoms with Gasteiger partial charge in [-0.3, -0.25) is 4.79 Å². The maximum absolute atomic E-state index is 13.1. The molecule has 1 fully saturated rings. The van der Waals surface area contributed by atoms with Crippen molar-refractivity contribution in [2.45, 2.75) is 38.1 Å². The maximum Gasteiger partial charge on any atom is 0.251 e. The summed E-state index contributed by atoms with van der Waals surface area (Å²) in [7, 11) is 0. The number of amides is 1. The molecule has 0 heterocycles. The molecule has 20 heavy (non-hydrogen) atoms. The summed E-state index contributed by atoms with van der Waals surface area (Å²) in [4.78, 5) is 12.2. The van der Waals surface area contributed by atoms with Crippen molar-refractivity contribution in [3.05, 3.63) is 34.6 Å². The molecule has 1 atom stereocenters. The van der Waals surface area contributed by atoms with Crippen molar-refractivity contribution in [1.29, 1.82) is 0 Å². The van der Waals surface area contributed by atoms with Crippen LogP contribution in [0.25, 0.3) is 0 Å². The lowest BCUT2D eigenvalue weighted by Crippen LogP contribution is -2.45. The van der Waals surface area contributed by atoms with Crippen molar-refractivity contribution in [2.75, 3.05) is 6.54 Å². The number of halogens is 2. The van der Waals surface area contributed by atoms with Crippen LogP contribution in [0.4, 0.5) is 4.39 Å². The smallest absolute Gasteiger partial charge is 0.251 e. The van der Waals surface area contributed by atoms with Crippen molar-refractivity contribution >= 4 is 17.5 Å². The molecule has 1 aliphatic carbocycles. The predicted molar refractivity (Wildman–Crippen MR) is 78.3 cm³/mol. The highest BCUT2D eigenvalue weighted by Gasteiger charge is 2.24. The first-order chi connectivity index (χ1) is 9.61. The molecule has 1 aliphatic rings. The lowest BCUT2D eigenvalue weighted by molar-refractivity contribution is 0.0915. The van der Waals surface area contributed by atoms with Gasteiger partial charge in [-0.1, -0.05) is 30.9 Å². The molecule has 1 aromatic carbocycles. The highest BCUT2D eigenvalue weighted by Crippen LogP contribution is 2.26. The van der Waals surface area contributed by atoms with Crippen LogP contribution in [0.5, 0.6) is 0 Å². The zero-order valence-corrected chi connectivity index (χ0v) is 12.1. The number of rotatable bonds is 4. The number of benzene rings is 1. The largest absolute Gasteiger partial charge is 0.348 e. The molecule has 1 unspecified atom stereocenters. The minimum atomic E-state index is -0.522. The summed E-state index contributed by atoms with van der Waals surface area (Å²) in [6.45, 7) is 0.422. The Labute approximate surface area is 123 Å². The normalized spacial score (nSPS) is 17.8. The molecule has 1 amide bonds. The van der Waals surface area contributed by atoms with Crippen LogP contribution in [0.1, 0.15) is 42.5 Å². The second-order valence-corrected chi connectivity index (χ2v) is 5.75. The van der Waals surface area contributed by atoms with E-state index in [1.807, 2.05) is 0 Å². The van der Waals surface area contributed by atoms with Gasteiger partial charge < -0.3 is 11.1 Å². The number of carbonyl (C=O) groups is 1. The standard InChI is InChI=1S/C15H20ClFN2O/c16-12-8-11(6-7-13(12)17)15(20)19-14(9-18)10-4-2-1-3-5-10/h6-8,10,14H,1-5,9,18H2,(H,19,20). The molecular formula is C15H20ClFN2O. The number of hydrogen-bond acceptors (Lipinski definition) is 2. The van der Waals surface area contributed by atoms with Crippen LogP contribution < -0.4 is 11.1 Å². The van der Waals surface area contributed by atoms with Crippen molar-refractivity contribution in [2.24, 2.45) is 11.7 Å². The molecule has 3 nitrogen and oxygen atoms in total. The fourth-order valence-electron chi connectivity index (χ4n) is 2.79. The van der Waals surface area contributed by atoms with E-state index in [2.05, 4.69) is 5.32 Å². The quantitative estimate of drug-likeness (QED) is 0.897. The van der Waals surface area contributed by atoms with Gasteiger partial charge in [-0.2, -0.15) is 0 Å². The van der Waals surface area contributed by atoms with Gasteiger partial charge in [0.1, 0.15) is 5.82 Å². The van der Waals surface area contributed by atoms with Gasteiger partial charge in [-0.15, -0.1) is 0 Å². The number of carbonyl (C=O) groups excluding carboxylic acids is 1. The Morgan fingerprint density at radius 2 is 2.10 bits per heavy atom. The molecule has 0 radical (unpaired) electrons. The lowest BCUT2D eigenvalue weighted by Gasteiger charge is -2.30. The highest BCUT2D eigenvalue weighted by atomic mass is 35.5. The SMILES string of the molecule is NCC(NC(=O)c1ccc(F)c(Cl)c1)C1CCCCC1. The van der Waals surface area contributed by atoms with Gasteiger partial charge in [0.2, 0.25) is 0 Å². The molecule has 1 saturated carbocycles. The van der Waals surface area contributed by atoms with E-state index in [4.69, 9.17) is 17.3 Å². The zero-order chi connectivity index (χ0) is 14.5. The van der Waals surface area contributed by atoms with E-state index in [9.17, 15) is 9.18 Å². The van der Waals surface area contributed by atoms with Gasteiger partial charge >= 0.3 is 0 Å². The summed E-state index contributed by atoms with van der Waals surface area (Å²) in [6.07, 6.45) is 5.85. The first-order valence-corrected chi connectivity index (χ1v) is 7.45. The first kappa shape index (κ1) is 15.3. The average Bonchev–Trinajstić information content (AvgIpc) is 2.48. The topological polar surface area (TPSA) is 55.1 Å². The third-order valence-electron chi connectivity index (χ3n) is 3.97. The van der Waals surface area contributed by atoms with Crippen molar-refractivity contribution < 1.29 is 9.18 Å². The molecule has 0 bridgehead atoms. The van der Waals surface area contributed by atoms with Gasteiger partial charge in [0, 0.05) is 18.2 Å². The van der Waals surface area contributed by atoms with Crippen molar-refractivity contribution in [1.82, 2.24) is 5.32 Å². The Morgan fingerprint density at radius 1 is 1.40 bits per heavy atom. The number of nitrogens with one attached hydrogen (secondary N) is 1. The van der Waals surface area contributed by atoms with E-state index in [-0.39, 0.29) is 17.0 Å². The van der Waals surface area contributed by atoms with E-state index < -0.39 is 5.82 Å². The van der Waals surface area contributed by atoms with Crippen LogP contribution in [-0.4, -0.2) is 18.5 Å². The Bertz CT molecular complexity index is 475. The summed E-state index contributed by atoms with van der Waals surface area (Å²) >= 11 is 5.70. The lowest BCUT2D eigenvalue weighted by atomic mass is 9.84. The van der Waals surface area contributed by atoms with Crippen LogP contribution in [0.15, 0.2) is 18.2 Å². The third kappa shape index (κ3) is 3.70. The molecule has 3 N–H and O–H groups in total. The molecular weight excluding hydrogens is 279 g/mol. The second kappa shape index (κ2) is 7.04. The maximum atomic E-state index is 13.1. The van der Waals surface area contributed by atoms with Crippen LogP contribution in [-0.2, 0) is 0 Å². The van der Waals surface area contributed by atoms with Crippen molar-refractivity contribution in [3.63, 3.8) is 0 Å². The van der Waals surface area contributed by atoms with E-state index in [1.54, 1.807) is 0 Å². The van der Waals surface area contributed by atoms with Crippen LogP contribution in [0.2, 0.25) is 5.02 Å². The van der Waals surface area contributed by atoms with Gasteiger partial charge in [0.15, 0.2) is 0 Å². The molecule has 2 rings (SSSR count). The summed E-state index contributed by atoms with van der Waals surface area (Å²) in [6, 6.07) is 3.97. The number of nitrogens with two attached hydrogens (primary N) is 1. The monoisotopic (exact) mass is 298 g/mol. The molecule has 110 valence electrons. The molecule has 0 saturated heterocycles. The molecule has 0 aromatic heterocycles. The van der Waals surface area contributed by atoms with Crippen LogP contribution in [0, 0.1) is 11.7 Å². The average molecular weight is 299 g/mol. The Morgan fingerprint density at radius 3 is 2.70 bits per heavy atom. The molecule has 5 heteroatoms. The first-order valence-electron chi connectivity index (χ1n) is 7.08. The fraction of sp³-hybridized carbons (Fsp3) is 0.533. The van der Waals surface area contributed by atoms with E-state index in [0.717, 1.165) is 12.8 Å². The summed E-state index contributed by atoms with van der Waals surface area (Å²) in [5.74, 6) is -0.326. The number of hydrogen-bond donors (Lipinski definition) is 2. The minimum Gasteiger partial charge on any atom is -0.348 e. The van der Waals surface area contributed by atoms with Crippen molar-refractivity contribution in [3.8, 4) is 0 Å². The van der Waals surface area contributed by atoms with Gasteiger partial charge in [0.25, 0.3) is 5.91 Å². The molecule has 0 aliphatic heterocycles. The minimum absolute atomic E-state index is 0.0216. The predicted octanol–water partition coefficient (Wildman–Crippen LogP) is 3.12. The van der Waals surface area contributed by atoms with Crippen LogP contribution >= 0.6 is 11.6 Å². The molecule has 0 spiro atoms. The van der Waals surface area contributed by atoms with E-state index in [0.29, 0.717) is 18.0 Å².